The number of hydrogen-bond donors (Lipinski definition) is 2. The van der Waals surface area contributed by atoms with E-state index < -0.39 is 5.54 Å². The molecular weight excluding hydrogens is 230 g/mol. The maximum atomic E-state index is 11.7. The number of hydrogen-bond acceptors (Lipinski definition) is 4. The number of rotatable bonds is 3. The largest absolute Gasteiger partial charge is 0.444 e. The lowest BCUT2D eigenvalue weighted by Gasteiger charge is -2.10. The first-order valence-electron chi connectivity index (χ1n) is 5.77. The van der Waals surface area contributed by atoms with E-state index in [2.05, 4.69) is 10.3 Å². The first-order chi connectivity index (χ1) is 8.67. The minimum absolute atomic E-state index is 0.116. The maximum Gasteiger partial charge on any atom is 0.244 e. The molecule has 1 amide bonds. The molecule has 0 atom stereocenters. The van der Waals surface area contributed by atoms with Gasteiger partial charge in [0.15, 0.2) is 12.2 Å². The summed E-state index contributed by atoms with van der Waals surface area (Å²) in [5.41, 5.74) is 6.81. The van der Waals surface area contributed by atoms with Crippen LogP contribution in [0.3, 0.4) is 0 Å². The van der Waals surface area contributed by atoms with Gasteiger partial charge in [-0.25, -0.2) is 4.98 Å². The summed E-state index contributed by atoms with van der Waals surface area (Å²) in [4.78, 5) is 15.6. The molecule has 1 aromatic carbocycles. The van der Waals surface area contributed by atoms with Crippen LogP contribution in [0.15, 0.2) is 41.3 Å². The van der Waals surface area contributed by atoms with E-state index in [4.69, 9.17) is 10.2 Å². The molecule has 1 heterocycles. The first-order valence-corrected chi connectivity index (χ1v) is 5.77. The van der Waals surface area contributed by atoms with Crippen molar-refractivity contribution in [2.24, 2.45) is 5.73 Å². The van der Waals surface area contributed by atoms with E-state index in [1.54, 1.807) is 6.20 Å². The minimum Gasteiger partial charge on any atom is -0.444 e. The van der Waals surface area contributed by atoms with Crippen LogP contribution in [-0.2, 0) is 4.79 Å². The molecule has 18 heavy (non-hydrogen) atoms. The van der Waals surface area contributed by atoms with Crippen molar-refractivity contribution in [1.82, 2.24) is 4.98 Å². The van der Waals surface area contributed by atoms with Crippen molar-refractivity contribution in [3.05, 3.63) is 36.9 Å². The molecule has 1 aliphatic rings. The lowest BCUT2D eigenvalue weighted by atomic mass is 10.1. The summed E-state index contributed by atoms with van der Waals surface area (Å²) in [5.74, 6) is 0.584. The summed E-state index contributed by atoms with van der Waals surface area (Å²) in [7, 11) is 0. The molecule has 0 radical (unpaired) electrons. The standard InChI is InChI=1S/C13H13N3O2/c14-13(5-6-13)12(17)16-10-3-1-9(2-4-10)11-7-15-8-18-11/h1-4,7-8H,5-6,14H2,(H,16,17). The average molecular weight is 243 g/mol. The van der Waals surface area contributed by atoms with E-state index in [-0.39, 0.29) is 5.91 Å². The molecular formula is C13H13N3O2. The molecule has 1 aliphatic carbocycles. The monoisotopic (exact) mass is 243 g/mol. The Kier molecular flexibility index (Phi) is 2.41. The van der Waals surface area contributed by atoms with Gasteiger partial charge in [0.2, 0.25) is 5.91 Å². The summed E-state index contributed by atoms with van der Waals surface area (Å²) >= 11 is 0. The van der Waals surface area contributed by atoms with Gasteiger partial charge >= 0.3 is 0 Å². The van der Waals surface area contributed by atoms with Crippen LogP contribution < -0.4 is 11.1 Å². The number of nitrogens with one attached hydrogen (secondary N) is 1. The summed E-state index contributed by atoms with van der Waals surface area (Å²) in [6, 6.07) is 7.38. The van der Waals surface area contributed by atoms with Crippen LogP contribution in [0.4, 0.5) is 5.69 Å². The van der Waals surface area contributed by atoms with Gasteiger partial charge in [-0.3, -0.25) is 4.79 Å². The topological polar surface area (TPSA) is 81.2 Å². The van der Waals surface area contributed by atoms with Crippen LogP contribution in [0.25, 0.3) is 11.3 Å². The lowest BCUT2D eigenvalue weighted by Crippen LogP contribution is -2.37. The Morgan fingerprint density at radius 3 is 2.61 bits per heavy atom. The molecule has 92 valence electrons. The third-order valence-electron chi connectivity index (χ3n) is 3.10. The molecule has 0 aliphatic heterocycles. The SMILES string of the molecule is NC1(C(=O)Nc2ccc(-c3cnco3)cc2)CC1. The van der Waals surface area contributed by atoms with Crippen LogP contribution in [-0.4, -0.2) is 16.4 Å². The Balaban J connectivity index is 1.73. The molecule has 0 bridgehead atoms. The molecule has 3 rings (SSSR count). The van der Waals surface area contributed by atoms with Gasteiger partial charge in [0.05, 0.1) is 11.7 Å². The van der Waals surface area contributed by atoms with Crippen LogP contribution in [0.2, 0.25) is 0 Å². The van der Waals surface area contributed by atoms with Crippen molar-refractivity contribution in [3.63, 3.8) is 0 Å². The van der Waals surface area contributed by atoms with Gasteiger partial charge in [-0.15, -0.1) is 0 Å². The van der Waals surface area contributed by atoms with Crippen molar-refractivity contribution in [2.75, 3.05) is 5.32 Å². The molecule has 5 nitrogen and oxygen atoms in total. The Bertz CT molecular complexity index is 556. The zero-order valence-electron chi connectivity index (χ0n) is 9.72. The number of carbonyl (C=O) groups is 1. The molecule has 1 saturated carbocycles. The van der Waals surface area contributed by atoms with Crippen molar-refractivity contribution in [2.45, 2.75) is 18.4 Å². The maximum absolute atomic E-state index is 11.7. The minimum atomic E-state index is -0.649. The third kappa shape index (κ3) is 2.00. The van der Waals surface area contributed by atoms with E-state index in [1.807, 2.05) is 24.3 Å². The van der Waals surface area contributed by atoms with Crippen molar-refractivity contribution in [1.29, 1.82) is 0 Å². The summed E-state index contributed by atoms with van der Waals surface area (Å²) in [5, 5.41) is 2.81. The Morgan fingerprint density at radius 2 is 2.06 bits per heavy atom. The fraction of sp³-hybridized carbons (Fsp3) is 0.231. The third-order valence-corrected chi connectivity index (χ3v) is 3.10. The highest BCUT2D eigenvalue weighted by molar-refractivity contribution is 6.00. The molecule has 0 unspecified atom stereocenters. The highest BCUT2D eigenvalue weighted by Gasteiger charge is 2.45. The van der Waals surface area contributed by atoms with E-state index in [0.29, 0.717) is 5.76 Å². The van der Waals surface area contributed by atoms with Crippen LogP contribution in [0.5, 0.6) is 0 Å². The van der Waals surface area contributed by atoms with Crippen LogP contribution >= 0.6 is 0 Å². The summed E-state index contributed by atoms with van der Waals surface area (Å²) < 4.78 is 5.19. The van der Waals surface area contributed by atoms with Crippen molar-refractivity contribution >= 4 is 11.6 Å². The predicted octanol–water partition coefficient (Wildman–Crippen LogP) is 1.77. The number of amides is 1. The summed E-state index contributed by atoms with van der Waals surface area (Å²) in [6.45, 7) is 0. The Hall–Kier alpha value is -2.14. The first kappa shape index (κ1) is 11.0. The second-order valence-electron chi connectivity index (χ2n) is 4.55. The van der Waals surface area contributed by atoms with E-state index in [1.165, 1.54) is 6.39 Å². The highest BCUT2D eigenvalue weighted by Crippen LogP contribution is 2.33. The lowest BCUT2D eigenvalue weighted by molar-refractivity contribution is -0.118. The number of benzene rings is 1. The number of oxazole rings is 1. The molecule has 1 fully saturated rings. The van der Waals surface area contributed by atoms with E-state index in [0.717, 1.165) is 24.1 Å². The second kappa shape index (κ2) is 3.96. The van der Waals surface area contributed by atoms with Crippen molar-refractivity contribution in [3.8, 4) is 11.3 Å². The average Bonchev–Trinajstić information content (AvgIpc) is 2.94. The van der Waals surface area contributed by atoms with Gasteiger partial charge in [0.1, 0.15) is 0 Å². The summed E-state index contributed by atoms with van der Waals surface area (Å²) in [6.07, 6.45) is 4.55. The van der Waals surface area contributed by atoms with Gasteiger partial charge in [-0.2, -0.15) is 0 Å². The Morgan fingerprint density at radius 1 is 1.33 bits per heavy atom. The fourth-order valence-corrected chi connectivity index (χ4v) is 1.69. The van der Waals surface area contributed by atoms with E-state index in [9.17, 15) is 4.79 Å². The Labute approximate surface area is 104 Å². The van der Waals surface area contributed by atoms with E-state index >= 15 is 0 Å². The molecule has 0 spiro atoms. The molecule has 3 N–H and O–H groups in total. The quantitative estimate of drug-likeness (QED) is 0.860. The highest BCUT2D eigenvalue weighted by atomic mass is 16.3. The molecule has 5 heteroatoms. The molecule has 1 aromatic heterocycles. The zero-order chi connectivity index (χ0) is 12.6. The second-order valence-corrected chi connectivity index (χ2v) is 4.55. The van der Waals surface area contributed by atoms with Crippen LogP contribution in [0, 0.1) is 0 Å². The van der Waals surface area contributed by atoms with Crippen LogP contribution in [0.1, 0.15) is 12.8 Å². The molecule has 0 saturated heterocycles. The smallest absolute Gasteiger partial charge is 0.244 e. The van der Waals surface area contributed by atoms with Gasteiger partial charge in [0.25, 0.3) is 0 Å². The number of aromatic nitrogens is 1. The molecule has 2 aromatic rings. The normalized spacial score (nSPS) is 16.3. The number of anilines is 1. The predicted molar refractivity (Wildman–Crippen MR) is 66.7 cm³/mol. The number of carbonyl (C=O) groups excluding carboxylic acids is 1. The van der Waals surface area contributed by atoms with Gasteiger partial charge in [-0.05, 0) is 37.1 Å². The van der Waals surface area contributed by atoms with Gasteiger partial charge < -0.3 is 15.5 Å². The number of nitrogens with zero attached hydrogens (tertiary/aromatic N) is 1. The number of nitrogens with two attached hydrogens (primary N) is 1. The van der Waals surface area contributed by atoms with Gasteiger partial charge in [0, 0.05) is 11.3 Å². The van der Waals surface area contributed by atoms with Crippen molar-refractivity contribution < 1.29 is 9.21 Å². The van der Waals surface area contributed by atoms with Gasteiger partial charge in [-0.1, -0.05) is 0 Å². The fourth-order valence-electron chi connectivity index (χ4n) is 1.69. The zero-order valence-corrected chi connectivity index (χ0v) is 9.72.